The molecule has 0 bridgehead atoms. The van der Waals surface area contributed by atoms with E-state index in [-0.39, 0.29) is 24.3 Å². The normalized spacial score (nSPS) is 16.8. The molecule has 1 saturated heterocycles. The van der Waals surface area contributed by atoms with Gasteiger partial charge in [-0.25, -0.2) is 0 Å². The molecule has 3 rings (SSSR count). The molecular weight excluding hydrogens is 318 g/mol. The molecule has 6 nitrogen and oxygen atoms in total. The van der Waals surface area contributed by atoms with Crippen LogP contribution in [-0.4, -0.2) is 42.6 Å². The average Bonchev–Trinajstić information content (AvgIpc) is 3.13. The number of fused-ring (bicyclic) bond motifs is 1. The lowest BCUT2D eigenvalue weighted by Gasteiger charge is -2.22. The molecule has 0 spiro atoms. The number of carbonyl (C=O) groups excluding carboxylic acids is 2. The van der Waals surface area contributed by atoms with Gasteiger partial charge in [0.05, 0.1) is 17.3 Å². The fourth-order valence-corrected chi connectivity index (χ4v) is 3.09. The van der Waals surface area contributed by atoms with E-state index in [1.165, 1.54) is 6.92 Å². The Balaban J connectivity index is 1.65. The standard InChI is InChI=1S/C19H23N3O3/c1-14(23)22(11-9-18(24)21-13-16-7-4-12-25-16)17-8-2-5-15-6-3-10-20-19(15)17/h2-3,5-6,8,10,16H,4,7,9,11-13H2,1H3,(H,21,24). The third-order valence-corrected chi connectivity index (χ3v) is 4.40. The van der Waals surface area contributed by atoms with Gasteiger partial charge in [0.1, 0.15) is 0 Å². The number of anilines is 1. The molecule has 1 aromatic carbocycles. The summed E-state index contributed by atoms with van der Waals surface area (Å²) in [6.07, 6.45) is 4.11. The fraction of sp³-hybridized carbons (Fsp3) is 0.421. The van der Waals surface area contributed by atoms with Gasteiger partial charge in [-0.1, -0.05) is 18.2 Å². The van der Waals surface area contributed by atoms with Crippen LogP contribution >= 0.6 is 0 Å². The van der Waals surface area contributed by atoms with Crippen molar-refractivity contribution in [1.29, 1.82) is 0 Å². The summed E-state index contributed by atoms with van der Waals surface area (Å²) in [5.74, 6) is -0.181. The number of para-hydroxylation sites is 1. The zero-order chi connectivity index (χ0) is 17.6. The zero-order valence-corrected chi connectivity index (χ0v) is 14.4. The number of amides is 2. The minimum Gasteiger partial charge on any atom is -0.376 e. The van der Waals surface area contributed by atoms with Gasteiger partial charge in [0.15, 0.2) is 0 Å². The molecule has 1 atom stereocenters. The number of hydrogen-bond donors (Lipinski definition) is 1. The number of benzene rings is 1. The molecule has 0 saturated carbocycles. The largest absolute Gasteiger partial charge is 0.376 e. The Bertz CT molecular complexity index is 751. The third kappa shape index (κ3) is 4.33. The first-order chi connectivity index (χ1) is 12.1. The van der Waals surface area contributed by atoms with Gasteiger partial charge in [0.25, 0.3) is 0 Å². The van der Waals surface area contributed by atoms with Gasteiger partial charge < -0.3 is 15.0 Å². The number of aromatic nitrogens is 1. The second-order valence-corrected chi connectivity index (χ2v) is 6.21. The van der Waals surface area contributed by atoms with Crippen molar-refractivity contribution >= 4 is 28.4 Å². The first-order valence-corrected chi connectivity index (χ1v) is 8.65. The second-order valence-electron chi connectivity index (χ2n) is 6.21. The van der Waals surface area contributed by atoms with Crippen molar-refractivity contribution in [2.24, 2.45) is 0 Å². The molecule has 132 valence electrons. The minimum atomic E-state index is -0.106. The van der Waals surface area contributed by atoms with Crippen molar-refractivity contribution in [2.45, 2.75) is 32.3 Å². The summed E-state index contributed by atoms with van der Waals surface area (Å²) in [5, 5.41) is 3.86. The molecule has 6 heteroatoms. The number of rotatable bonds is 6. The summed E-state index contributed by atoms with van der Waals surface area (Å²) < 4.78 is 5.50. The number of carbonyl (C=O) groups is 2. The SMILES string of the molecule is CC(=O)N(CCC(=O)NCC1CCCO1)c1cccc2cccnc12. The van der Waals surface area contributed by atoms with Gasteiger partial charge in [0, 0.05) is 44.6 Å². The molecule has 1 fully saturated rings. The fourth-order valence-electron chi connectivity index (χ4n) is 3.09. The molecule has 1 aliphatic heterocycles. The number of nitrogens with zero attached hydrogens (tertiary/aromatic N) is 2. The van der Waals surface area contributed by atoms with E-state index in [4.69, 9.17) is 4.74 Å². The molecule has 1 aliphatic rings. The number of nitrogens with one attached hydrogen (secondary N) is 1. The van der Waals surface area contributed by atoms with Gasteiger partial charge in [-0.15, -0.1) is 0 Å². The first-order valence-electron chi connectivity index (χ1n) is 8.65. The molecule has 1 unspecified atom stereocenters. The van der Waals surface area contributed by atoms with Gasteiger partial charge >= 0.3 is 0 Å². The predicted molar refractivity (Wildman–Crippen MR) is 96.4 cm³/mol. The van der Waals surface area contributed by atoms with Crippen molar-refractivity contribution < 1.29 is 14.3 Å². The molecule has 25 heavy (non-hydrogen) atoms. The van der Waals surface area contributed by atoms with E-state index >= 15 is 0 Å². The Labute approximate surface area is 147 Å². The van der Waals surface area contributed by atoms with Gasteiger partial charge in [-0.05, 0) is 25.0 Å². The van der Waals surface area contributed by atoms with Crippen molar-refractivity contribution in [3.05, 3.63) is 36.5 Å². The van der Waals surface area contributed by atoms with E-state index in [1.807, 2.05) is 30.3 Å². The molecule has 0 aliphatic carbocycles. The van der Waals surface area contributed by atoms with Crippen LogP contribution in [0.3, 0.4) is 0 Å². The van der Waals surface area contributed by atoms with Gasteiger partial charge in [-0.2, -0.15) is 0 Å². The van der Waals surface area contributed by atoms with Crippen LogP contribution in [-0.2, 0) is 14.3 Å². The van der Waals surface area contributed by atoms with E-state index in [1.54, 1.807) is 11.1 Å². The van der Waals surface area contributed by atoms with E-state index in [9.17, 15) is 9.59 Å². The summed E-state index contributed by atoms with van der Waals surface area (Å²) >= 11 is 0. The molecule has 2 amide bonds. The number of hydrogen-bond acceptors (Lipinski definition) is 4. The van der Waals surface area contributed by atoms with Crippen LogP contribution in [0.4, 0.5) is 5.69 Å². The van der Waals surface area contributed by atoms with Crippen molar-refractivity contribution in [2.75, 3.05) is 24.6 Å². The van der Waals surface area contributed by atoms with E-state index in [0.29, 0.717) is 13.1 Å². The van der Waals surface area contributed by atoms with Crippen LogP contribution < -0.4 is 10.2 Å². The van der Waals surface area contributed by atoms with E-state index < -0.39 is 0 Å². The Morgan fingerprint density at radius 1 is 1.32 bits per heavy atom. The second kappa shape index (κ2) is 8.07. The number of pyridine rings is 1. The highest BCUT2D eigenvalue weighted by molar-refractivity contribution is 6.01. The Kier molecular flexibility index (Phi) is 5.60. The zero-order valence-electron chi connectivity index (χ0n) is 14.4. The maximum absolute atomic E-state index is 12.1. The summed E-state index contributed by atoms with van der Waals surface area (Å²) in [7, 11) is 0. The molecule has 2 heterocycles. The monoisotopic (exact) mass is 341 g/mol. The van der Waals surface area contributed by atoms with Crippen LogP contribution in [0.5, 0.6) is 0 Å². The highest BCUT2D eigenvalue weighted by Gasteiger charge is 2.18. The lowest BCUT2D eigenvalue weighted by Crippen LogP contribution is -2.36. The quantitative estimate of drug-likeness (QED) is 0.875. The maximum atomic E-state index is 12.1. The predicted octanol–water partition coefficient (Wildman–Crippen LogP) is 2.27. The summed E-state index contributed by atoms with van der Waals surface area (Å²) in [4.78, 5) is 30.2. The lowest BCUT2D eigenvalue weighted by atomic mass is 10.1. The van der Waals surface area contributed by atoms with Crippen LogP contribution in [0.25, 0.3) is 10.9 Å². The van der Waals surface area contributed by atoms with Crippen molar-refractivity contribution in [1.82, 2.24) is 10.3 Å². The smallest absolute Gasteiger partial charge is 0.223 e. The molecule has 2 aromatic rings. The Morgan fingerprint density at radius 2 is 2.16 bits per heavy atom. The third-order valence-electron chi connectivity index (χ3n) is 4.40. The van der Waals surface area contributed by atoms with Crippen LogP contribution in [0.1, 0.15) is 26.2 Å². The van der Waals surface area contributed by atoms with Crippen LogP contribution in [0.2, 0.25) is 0 Å². The number of ether oxygens (including phenoxy) is 1. The molecule has 1 aromatic heterocycles. The van der Waals surface area contributed by atoms with E-state index in [0.717, 1.165) is 36.0 Å². The maximum Gasteiger partial charge on any atom is 0.223 e. The topological polar surface area (TPSA) is 71.5 Å². The Morgan fingerprint density at radius 3 is 2.92 bits per heavy atom. The Hall–Kier alpha value is -2.47. The average molecular weight is 341 g/mol. The van der Waals surface area contributed by atoms with Crippen LogP contribution in [0, 0.1) is 0 Å². The summed E-state index contributed by atoms with van der Waals surface area (Å²) in [5.41, 5.74) is 1.50. The van der Waals surface area contributed by atoms with Crippen LogP contribution in [0.15, 0.2) is 36.5 Å². The lowest BCUT2D eigenvalue weighted by molar-refractivity contribution is -0.121. The van der Waals surface area contributed by atoms with Crippen molar-refractivity contribution in [3.8, 4) is 0 Å². The summed E-state index contributed by atoms with van der Waals surface area (Å²) in [6, 6.07) is 9.54. The van der Waals surface area contributed by atoms with Gasteiger partial charge in [0.2, 0.25) is 11.8 Å². The molecule has 1 N–H and O–H groups in total. The van der Waals surface area contributed by atoms with Crippen molar-refractivity contribution in [3.63, 3.8) is 0 Å². The highest BCUT2D eigenvalue weighted by Crippen LogP contribution is 2.25. The van der Waals surface area contributed by atoms with Gasteiger partial charge in [-0.3, -0.25) is 14.6 Å². The van der Waals surface area contributed by atoms with E-state index in [2.05, 4.69) is 10.3 Å². The molecular formula is C19H23N3O3. The summed E-state index contributed by atoms with van der Waals surface area (Å²) in [6.45, 7) is 3.13. The minimum absolute atomic E-state index is 0.0741. The first kappa shape index (κ1) is 17.4. The highest BCUT2D eigenvalue weighted by atomic mass is 16.5. The molecule has 0 radical (unpaired) electrons.